The molecular weight excluding hydrogens is 538 g/mol. The van der Waals surface area contributed by atoms with E-state index in [-0.39, 0.29) is 11.3 Å². The summed E-state index contributed by atoms with van der Waals surface area (Å²) in [6, 6.07) is 12.1. The lowest BCUT2D eigenvalue weighted by molar-refractivity contribution is -0.111. The van der Waals surface area contributed by atoms with E-state index < -0.39 is 11.5 Å². The highest BCUT2D eigenvalue weighted by Gasteiger charge is 2.17. The van der Waals surface area contributed by atoms with Gasteiger partial charge >= 0.3 is 0 Å². The van der Waals surface area contributed by atoms with Gasteiger partial charge in [-0.05, 0) is 48.9 Å². The summed E-state index contributed by atoms with van der Waals surface area (Å²) in [5, 5.41) is 12.3. The molecular formula is C27H24ClN7O5. The zero-order valence-electron chi connectivity index (χ0n) is 21.9. The van der Waals surface area contributed by atoms with Gasteiger partial charge < -0.3 is 19.5 Å². The Kier molecular flexibility index (Phi) is 7.25. The second kappa shape index (κ2) is 10.9. The number of halogens is 1. The van der Waals surface area contributed by atoms with Gasteiger partial charge in [-0.15, -0.1) is 0 Å². The first-order valence-corrected chi connectivity index (χ1v) is 12.3. The second-order valence-corrected chi connectivity index (χ2v) is 8.96. The van der Waals surface area contributed by atoms with Crippen LogP contribution < -0.4 is 25.1 Å². The minimum Gasteiger partial charge on any atom is -0.493 e. The minimum atomic E-state index is -0.442. The van der Waals surface area contributed by atoms with Crippen molar-refractivity contribution in [3.63, 3.8) is 0 Å². The van der Waals surface area contributed by atoms with Crippen molar-refractivity contribution in [1.29, 1.82) is 0 Å². The van der Waals surface area contributed by atoms with Crippen LogP contribution >= 0.6 is 11.6 Å². The number of aromatic amines is 1. The van der Waals surface area contributed by atoms with Crippen molar-refractivity contribution >= 4 is 40.4 Å². The number of ether oxygens (including phenoxy) is 3. The highest BCUT2D eigenvalue weighted by Crippen LogP contribution is 2.38. The maximum atomic E-state index is 12.9. The Morgan fingerprint density at radius 3 is 2.48 bits per heavy atom. The summed E-state index contributed by atoms with van der Waals surface area (Å²) in [6.45, 7) is 1.75. The molecule has 13 heteroatoms. The van der Waals surface area contributed by atoms with Gasteiger partial charge in [0.15, 0.2) is 17.1 Å². The van der Waals surface area contributed by atoms with Gasteiger partial charge in [0.25, 0.3) is 5.56 Å². The molecule has 5 aromatic rings. The summed E-state index contributed by atoms with van der Waals surface area (Å²) in [7, 11) is 4.54. The molecule has 5 rings (SSSR count). The monoisotopic (exact) mass is 561 g/mol. The lowest BCUT2D eigenvalue weighted by Crippen LogP contribution is -2.18. The lowest BCUT2D eigenvalue weighted by Gasteiger charge is -2.12. The summed E-state index contributed by atoms with van der Waals surface area (Å²) in [5.74, 6) is 1.31. The third-order valence-electron chi connectivity index (χ3n) is 5.88. The number of benzene rings is 2. The molecule has 12 nitrogen and oxygen atoms in total. The molecule has 0 aliphatic heterocycles. The van der Waals surface area contributed by atoms with E-state index in [2.05, 4.69) is 25.5 Å². The summed E-state index contributed by atoms with van der Waals surface area (Å²) < 4.78 is 18.9. The highest BCUT2D eigenvalue weighted by molar-refractivity contribution is 6.30. The van der Waals surface area contributed by atoms with Crippen LogP contribution in [0.1, 0.15) is 11.3 Å². The number of aryl methyl sites for hydroxylation is 1. The normalized spacial score (nSPS) is 11.2. The van der Waals surface area contributed by atoms with Crippen molar-refractivity contribution in [2.24, 2.45) is 0 Å². The number of rotatable bonds is 8. The van der Waals surface area contributed by atoms with Crippen LogP contribution in [0, 0.1) is 6.92 Å². The molecule has 1 amide bonds. The molecule has 0 radical (unpaired) electrons. The molecule has 40 heavy (non-hydrogen) atoms. The molecule has 0 spiro atoms. The van der Waals surface area contributed by atoms with Crippen LogP contribution in [-0.2, 0) is 4.79 Å². The number of amides is 1. The zero-order chi connectivity index (χ0) is 28.4. The number of carbonyl (C=O) groups excluding carboxylic acids is 1. The van der Waals surface area contributed by atoms with Gasteiger partial charge in [-0.1, -0.05) is 17.7 Å². The summed E-state index contributed by atoms with van der Waals surface area (Å²) >= 11 is 6.14. The lowest BCUT2D eigenvalue weighted by atomic mass is 10.1. The number of nitrogens with zero attached hydrogens (tertiary/aromatic N) is 5. The predicted molar refractivity (Wildman–Crippen MR) is 150 cm³/mol. The van der Waals surface area contributed by atoms with Crippen LogP contribution in [0.25, 0.3) is 28.7 Å². The Bertz CT molecular complexity index is 1800. The van der Waals surface area contributed by atoms with Crippen LogP contribution in [0.4, 0.5) is 5.82 Å². The van der Waals surface area contributed by atoms with Crippen LogP contribution in [0.15, 0.2) is 59.5 Å². The quantitative estimate of drug-likeness (QED) is 0.272. The fraction of sp³-hybridized carbons (Fsp3) is 0.148. The molecule has 0 saturated carbocycles. The standard InChI is InChI=1S/C27H24ClN7O5/c1-15-10-22(30-23(36)9-8-16-11-20(38-2)24(40-4)21(12-16)39-3)35(33-15)27-31-25-19(26(37)32-27)14-29-34(25)18-7-5-6-17(28)13-18/h5-14H,1-4H3,(H,30,36)(H,31,32,37)/b9-8-. The third-order valence-corrected chi connectivity index (χ3v) is 6.11. The SMILES string of the molecule is COc1cc(/C=C\C(=O)Nc2cc(C)nn2-c2nc3c(cnn3-c3cccc(Cl)c3)c(=O)[nH]2)cc(OC)c1OC. The summed E-state index contributed by atoms with van der Waals surface area (Å²) in [6.07, 6.45) is 4.38. The van der Waals surface area contributed by atoms with E-state index in [4.69, 9.17) is 25.8 Å². The zero-order valence-corrected chi connectivity index (χ0v) is 22.7. The van der Waals surface area contributed by atoms with Crippen molar-refractivity contribution in [2.75, 3.05) is 26.6 Å². The van der Waals surface area contributed by atoms with Gasteiger partial charge in [-0.25, -0.2) is 4.68 Å². The molecule has 0 aliphatic carbocycles. The smallest absolute Gasteiger partial charge is 0.263 e. The molecule has 3 aromatic heterocycles. The maximum Gasteiger partial charge on any atom is 0.263 e. The molecule has 0 bridgehead atoms. The molecule has 204 valence electrons. The van der Waals surface area contributed by atoms with Crippen LogP contribution in [0.3, 0.4) is 0 Å². The molecule has 0 fully saturated rings. The summed E-state index contributed by atoms with van der Waals surface area (Å²) in [4.78, 5) is 33.1. The van der Waals surface area contributed by atoms with Gasteiger partial charge in [0.05, 0.1) is 38.9 Å². The van der Waals surface area contributed by atoms with Gasteiger partial charge in [0.2, 0.25) is 17.6 Å². The minimum absolute atomic E-state index is 0.0956. The number of aromatic nitrogens is 6. The topological polar surface area (TPSA) is 138 Å². The Morgan fingerprint density at radius 2 is 1.80 bits per heavy atom. The number of H-pyrrole nitrogens is 1. The van der Waals surface area contributed by atoms with E-state index in [1.165, 1.54) is 43.0 Å². The molecule has 0 atom stereocenters. The van der Waals surface area contributed by atoms with E-state index >= 15 is 0 Å². The van der Waals surface area contributed by atoms with Crippen molar-refractivity contribution in [1.82, 2.24) is 29.5 Å². The number of methoxy groups -OCH3 is 3. The molecule has 2 N–H and O–H groups in total. The average molecular weight is 562 g/mol. The van der Waals surface area contributed by atoms with Crippen molar-refractivity contribution < 1.29 is 19.0 Å². The maximum absolute atomic E-state index is 12.9. The van der Waals surface area contributed by atoms with E-state index in [9.17, 15) is 9.59 Å². The number of hydrogen-bond acceptors (Lipinski definition) is 8. The van der Waals surface area contributed by atoms with Crippen molar-refractivity contribution in [2.45, 2.75) is 6.92 Å². The first-order chi connectivity index (χ1) is 19.3. The van der Waals surface area contributed by atoms with Gasteiger partial charge in [-0.3, -0.25) is 14.6 Å². The number of anilines is 1. The summed E-state index contributed by atoms with van der Waals surface area (Å²) in [5.41, 5.74) is 1.76. The molecule has 3 heterocycles. The first kappa shape index (κ1) is 26.5. The number of hydrogen-bond donors (Lipinski definition) is 2. The van der Waals surface area contributed by atoms with Crippen molar-refractivity contribution in [3.8, 4) is 28.9 Å². The van der Waals surface area contributed by atoms with E-state index in [1.807, 2.05) is 0 Å². The fourth-order valence-electron chi connectivity index (χ4n) is 4.09. The van der Waals surface area contributed by atoms with Crippen molar-refractivity contribution in [3.05, 3.63) is 81.4 Å². The third kappa shape index (κ3) is 5.12. The average Bonchev–Trinajstić information content (AvgIpc) is 3.54. The van der Waals surface area contributed by atoms with Crippen LogP contribution in [0.5, 0.6) is 17.2 Å². The highest BCUT2D eigenvalue weighted by atomic mass is 35.5. The molecule has 0 aliphatic rings. The first-order valence-electron chi connectivity index (χ1n) is 11.9. The van der Waals surface area contributed by atoms with Crippen LogP contribution in [0.2, 0.25) is 5.02 Å². The Hall–Kier alpha value is -5.10. The predicted octanol–water partition coefficient (Wildman–Crippen LogP) is 3.93. The van der Waals surface area contributed by atoms with E-state index in [0.717, 1.165) is 0 Å². The molecule has 2 aromatic carbocycles. The van der Waals surface area contributed by atoms with Gasteiger partial charge in [-0.2, -0.15) is 19.9 Å². The number of fused-ring (bicyclic) bond motifs is 1. The Balaban J connectivity index is 1.46. The Morgan fingerprint density at radius 1 is 1.05 bits per heavy atom. The van der Waals surface area contributed by atoms with Gasteiger partial charge in [0.1, 0.15) is 11.2 Å². The van der Waals surface area contributed by atoms with E-state index in [0.29, 0.717) is 50.7 Å². The molecule has 0 saturated heterocycles. The number of nitrogens with one attached hydrogen (secondary N) is 2. The van der Waals surface area contributed by atoms with Gasteiger partial charge in [0, 0.05) is 17.2 Å². The van der Waals surface area contributed by atoms with E-state index in [1.54, 1.807) is 55.5 Å². The Labute approximate surface area is 232 Å². The number of carbonyl (C=O) groups is 1. The molecule has 0 unspecified atom stereocenters. The fourth-order valence-corrected chi connectivity index (χ4v) is 4.28. The second-order valence-electron chi connectivity index (χ2n) is 8.53. The van der Waals surface area contributed by atoms with Crippen LogP contribution in [-0.4, -0.2) is 56.8 Å². The largest absolute Gasteiger partial charge is 0.493 e.